The molecular formula is C49H60N4O13. The number of hydrogen-bond acceptors (Lipinski definition) is 14. The highest BCUT2D eigenvalue weighted by atomic mass is 16.7. The van der Waals surface area contributed by atoms with E-state index in [0.717, 1.165) is 24.0 Å². The van der Waals surface area contributed by atoms with Crippen molar-refractivity contribution in [1.82, 2.24) is 10.2 Å². The van der Waals surface area contributed by atoms with Gasteiger partial charge in [0.25, 0.3) is 5.69 Å². The Labute approximate surface area is 384 Å². The molecule has 0 radical (unpaired) electrons. The Hall–Kier alpha value is -6.17. The number of benzene rings is 3. The minimum absolute atomic E-state index is 0.00998. The van der Waals surface area contributed by atoms with Crippen molar-refractivity contribution in [1.29, 1.82) is 0 Å². The number of ether oxygens (including phenoxy) is 6. The maximum Gasteiger partial charge on any atom is 0.416 e. The lowest BCUT2D eigenvalue weighted by molar-refractivity contribution is -0.384. The van der Waals surface area contributed by atoms with Gasteiger partial charge in [0, 0.05) is 56.3 Å². The van der Waals surface area contributed by atoms with Crippen molar-refractivity contribution in [2.24, 2.45) is 22.9 Å². The molecule has 7 rings (SSSR count). The van der Waals surface area contributed by atoms with Gasteiger partial charge in [-0.3, -0.25) is 15.0 Å². The first kappa shape index (κ1) is 47.8. The third kappa shape index (κ3) is 10.6. The summed E-state index contributed by atoms with van der Waals surface area (Å²) in [6, 6.07) is 14.9. The number of oxime groups is 1. The van der Waals surface area contributed by atoms with Gasteiger partial charge in [-0.25, -0.2) is 9.59 Å². The summed E-state index contributed by atoms with van der Waals surface area (Å²) in [4.78, 5) is 46.7. The van der Waals surface area contributed by atoms with E-state index in [4.69, 9.17) is 38.4 Å². The molecular weight excluding hydrogens is 853 g/mol. The van der Waals surface area contributed by atoms with Gasteiger partial charge < -0.3 is 48.8 Å². The van der Waals surface area contributed by atoms with E-state index in [2.05, 4.69) is 18.0 Å². The second-order valence-corrected chi connectivity index (χ2v) is 17.8. The summed E-state index contributed by atoms with van der Waals surface area (Å²) < 4.78 is 37.6. The van der Waals surface area contributed by atoms with Crippen molar-refractivity contribution >= 4 is 23.6 Å². The Morgan fingerprint density at radius 1 is 0.970 bits per heavy atom. The molecule has 17 heteroatoms. The number of non-ortho nitro benzene ring substituents is 1. The van der Waals surface area contributed by atoms with Crippen molar-refractivity contribution in [2.45, 2.75) is 103 Å². The molecule has 17 nitrogen and oxygen atoms in total. The molecule has 66 heavy (non-hydrogen) atoms. The monoisotopic (exact) mass is 912 g/mol. The smallest absolute Gasteiger partial charge is 0.416 e. The number of allylic oxidation sites excluding steroid dienone is 1. The molecule has 6 unspecified atom stereocenters. The number of aliphatic hydroxyl groups is 2. The van der Waals surface area contributed by atoms with Crippen LogP contribution in [0.1, 0.15) is 89.7 Å². The molecule has 1 fully saturated rings. The molecule has 2 amide bonds. The number of amides is 2. The van der Waals surface area contributed by atoms with E-state index in [-0.39, 0.29) is 62.9 Å². The van der Waals surface area contributed by atoms with Gasteiger partial charge in [-0.15, -0.1) is 6.58 Å². The van der Waals surface area contributed by atoms with E-state index in [9.17, 15) is 25.1 Å². The largest absolute Gasteiger partial charge is 0.459 e. The summed E-state index contributed by atoms with van der Waals surface area (Å²) in [5.74, 6) is -0.999. The van der Waals surface area contributed by atoms with E-state index < -0.39 is 46.4 Å². The highest BCUT2D eigenvalue weighted by molar-refractivity contribution is 6.03. The second kappa shape index (κ2) is 21.0. The van der Waals surface area contributed by atoms with E-state index in [0.29, 0.717) is 66.5 Å². The van der Waals surface area contributed by atoms with Crippen molar-refractivity contribution in [3.05, 3.63) is 106 Å². The normalized spacial score (nSPS) is 23.1. The molecule has 3 N–H and O–H groups in total. The van der Waals surface area contributed by atoms with Crippen molar-refractivity contribution in [2.75, 3.05) is 33.2 Å². The van der Waals surface area contributed by atoms with Crippen molar-refractivity contribution in [3.8, 4) is 28.7 Å². The highest BCUT2D eigenvalue weighted by Crippen LogP contribution is 2.62. The Bertz CT molecular complexity index is 2290. The van der Waals surface area contributed by atoms with Crippen LogP contribution in [0.2, 0.25) is 0 Å². The number of carbonyl (C=O) groups is 2. The number of nitro benzene ring substituents is 1. The number of carbonyl (C=O) groups excluding carboxylic acids is 2. The predicted octanol–water partition coefficient (Wildman–Crippen LogP) is 8.57. The second-order valence-electron chi connectivity index (χ2n) is 17.8. The fourth-order valence-corrected chi connectivity index (χ4v) is 9.52. The maximum absolute atomic E-state index is 15.1. The van der Waals surface area contributed by atoms with Crippen LogP contribution in [0.4, 0.5) is 15.3 Å². The first-order valence-electron chi connectivity index (χ1n) is 22.6. The molecule has 0 saturated heterocycles. The number of nitrogens with one attached hydrogen (secondary N) is 1. The zero-order valence-electron chi connectivity index (χ0n) is 37.9. The van der Waals surface area contributed by atoms with E-state index in [1.165, 1.54) is 29.2 Å². The Morgan fingerprint density at radius 2 is 1.68 bits per heavy atom. The Balaban J connectivity index is 1.47. The van der Waals surface area contributed by atoms with Crippen LogP contribution < -0.4 is 29.0 Å². The number of rotatable bonds is 19. The zero-order chi connectivity index (χ0) is 47.0. The molecule has 2 heterocycles. The number of nitro groups is 1. The van der Waals surface area contributed by atoms with Crippen LogP contribution in [-0.2, 0) is 16.1 Å². The van der Waals surface area contributed by atoms with Gasteiger partial charge in [0.2, 0.25) is 12.6 Å². The highest BCUT2D eigenvalue weighted by Gasteiger charge is 2.66. The van der Waals surface area contributed by atoms with Crippen molar-refractivity contribution < 1.29 is 58.0 Å². The minimum Gasteiger partial charge on any atom is -0.459 e. The van der Waals surface area contributed by atoms with Crippen LogP contribution >= 0.6 is 0 Å². The third-order valence-electron chi connectivity index (χ3n) is 12.3. The molecule has 6 atom stereocenters. The number of nitrogens with zero attached hydrogens (tertiary/aromatic N) is 3. The molecule has 0 bridgehead atoms. The number of fused-ring (bicyclic) bond motifs is 3. The summed E-state index contributed by atoms with van der Waals surface area (Å²) in [6.07, 6.45) is 6.55. The molecule has 3 aromatic carbocycles. The van der Waals surface area contributed by atoms with Crippen LogP contribution in [0.25, 0.3) is 0 Å². The average molecular weight is 913 g/mol. The molecule has 0 aromatic heterocycles. The molecule has 4 aliphatic rings. The van der Waals surface area contributed by atoms with E-state index >= 15 is 4.79 Å². The Morgan fingerprint density at radius 3 is 2.38 bits per heavy atom. The van der Waals surface area contributed by atoms with Crippen LogP contribution in [0, 0.1) is 27.9 Å². The van der Waals surface area contributed by atoms with Gasteiger partial charge >= 0.3 is 12.2 Å². The van der Waals surface area contributed by atoms with E-state index in [1.54, 1.807) is 37.3 Å². The van der Waals surface area contributed by atoms with Gasteiger partial charge in [0.05, 0.1) is 23.2 Å². The van der Waals surface area contributed by atoms with Crippen LogP contribution in [0.15, 0.2) is 90.1 Å². The predicted molar refractivity (Wildman–Crippen MR) is 243 cm³/mol. The van der Waals surface area contributed by atoms with Crippen molar-refractivity contribution in [3.63, 3.8) is 0 Å². The van der Waals surface area contributed by atoms with Gasteiger partial charge in [0.1, 0.15) is 28.9 Å². The summed E-state index contributed by atoms with van der Waals surface area (Å²) >= 11 is 0. The summed E-state index contributed by atoms with van der Waals surface area (Å²) in [5, 5.41) is 39.0. The average Bonchev–Trinajstić information content (AvgIpc) is 3.76. The summed E-state index contributed by atoms with van der Waals surface area (Å²) in [5.41, 5.74) is 1.92. The first-order valence-corrected chi connectivity index (χ1v) is 22.6. The van der Waals surface area contributed by atoms with Gasteiger partial charge in [0.15, 0.2) is 11.5 Å². The molecule has 3 aromatic rings. The van der Waals surface area contributed by atoms with Crippen LogP contribution in [0.3, 0.4) is 0 Å². The molecule has 0 spiro atoms. The lowest BCUT2D eigenvalue weighted by atomic mass is 9.55. The first-order chi connectivity index (χ1) is 31.8. The molecule has 2 aliphatic heterocycles. The lowest BCUT2D eigenvalue weighted by Crippen LogP contribution is -2.70. The molecule has 354 valence electrons. The fourth-order valence-electron chi connectivity index (χ4n) is 9.52. The quantitative estimate of drug-likeness (QED) is 0.0446. The third-order valence-corrected chi connectivity index (χ3v) is 12.3. The van der Waals surface area contributed by atoms with E-state index in [1.807, 2.05) is 32.9 Å². The standard InChI is InChI=1S/C49H60N4O13/c1-6-24-62-49-43(52(29-31-14-20-41-42(25-31)61-30-60-41)47(57)64-34-17-15-33(16-18-34)53(58)59)28-39(51-66-48(3,4)5)37-26-32(12-8-10-22-54)36(13-9-11-23-55)44(45(37)49)38-27-35(19-21-40(38)65-49)63-46(56)50-7-2/h6,14-21,25-27,32,36,43-45,54-55H,1,7-13,22-24,28-30H2,2-5H3,(H,50,56). The maximum atomic E-state index is 15.1. The van der Waals surface area contributed by atoms with Crippen LogP contribution in [-0.4, -0.2) is 88.5 Å². The molecule has 2 aliphatic carbocycles. The fraction of sp³-hybridized carbons (Fsp3) is 0.490. The van der Waals surface area contributed by atoms with Gasteiger partial charge in [-0.05, 0) is 119 Å². The Kier molecular flexibility index (Phi) is 15.2. The summed E-state index contributed by atoms with van der Waals surface area (Å²) in [6.45, 7) is 11.9. The lowest BCUT2D eigenvalue weighted by Gasteiger charge is -2.59. The summed E-state index contributed by atoms with van der Waals surface area (Å²) in [7, 11) is 0. The topological polar surface area (TPSA) is 210 Å². The number of unbranched alkanes of at least 4 members (excludes halogenated alkanes) is 2. The molecule has 1 saturated carbocycles. The zero-order valence-corrected chi connectivity index (χ0v) is 37.9. The number of hydrogen-bond donors (Lipinski definition) is 3. The number of aliphatic hydroxyl groups excluding tert-OH is 2. The van der Waals surface area contributed by atoms with Gasteiger partial charge in [-0.1, -0.05) is 36.2 Å². The van der Waals surface area contributed by atoms with Crippen LogP contribution in [0.5, 0.6) is 28.7 Å². The van der Waals surface area contributed by atoms with Gasteiger partial charge in [-0.2, -0.15) is 0 Å². The SMILES string of the molecule is C=CCOC12Oc3ccc(OC(=O)NCC)cc3C3C(CCCCO)C(CCCCO)C=C(C(=NOC(C)(C)C)CC1N(Cc1ccc4c(c1)OCO4)C(=O)Oc1ccc([N+](=O)[O-])cc1)C32. The minimum atomic E-state index is -1.66.